The van der Waals surface area contributed by atoms with Gasteiger partial charge in [0.15, 0.2) is 0 Å². The SMILES string of the molecule is CC1(C2CCOCC2)Cc2ccc(-c3cncnc3)cc2C12COC(N)=N2. The molecule has 3 aliphatic rings. The molecule has 140 valence electrons. The molecule has 27 heavy (non-hydrogen) atoms. The first-order valence-electron chi connectivity index (χ1n) is 9.57. The summed E-state index contributed by atoms with van der Waals surface area (Å²) in [5.74, 6) is 0.528. The fraction of sp³-hybridized carbons (Fsp3) is 0.476. The largest absolute Gasteiger partial charge is 0.462 e. The highest BCUT2D eigenvalue weighted by Gasteiger charge is 2.61. The van der Waals surface area contributed by atoms with Gasteiger partial charge in [-0.15, -0.1) is 0 Å². The summed E-state index contributed by atoms with van der Waals surface area (Å²) in [5, 5.41) is 0. The summed E-state index contributed by atoms with van der Waals surface area (Å²) in [6.07, 6.45) is 8.34. The second-order valence-corrected chi connectivity index (χ2v) is 8.08. The number of aliphatic imine (C=N–C) groups is 1. The van der Waals surface area contributed by atoms with Crippen LogP contribution in [0.2, 0.25) is 0 Å². The van der Waals surface area contributed by atoms with E-state index in [-0.39, 0.29) is 5.41 Å². The predicted molar refractivity (Wildman–Crippen MR) is 102 cm³/mol. The second-order valence-electron chi connectivity index (χ2n) is 8.08. The van der Waals surface area contributed by atoms with Crippen molar-refractivity contribution in [2.75, 3.05) is 19.8 Å². The first-order valence-corrected chi connectivity index (χ1v) is 9.57. The summed E-state index contributed by atoms with van der Waals surface area (Å²) < 4.78 is 11.4. The zero-order valence-corrected chi connectivity index (χ0v) is 15.5. The van der Waals surface area contributed by atoms with Gasteiger partial charge in [-0.1, -0.05) is 19.1 Å². The van der Waals surface area contributed by atoms with Crippen molar-refractivity contribution in [2.45, 2.75) is 31.7 Å². The topological polar surface area (TPSA) is 82.6 Å². The molecule has 1 aromatic carbocycles. The van der Waals surface area contributed by atoms with E-state index in [2.05, 4.69) is 35.1 Å². The normalized spacial score (nSPS) is 30.2. The lowest BCUT2D eigenvalue weighted by Gasteiger charge is -2.45. The van der Waals surface area contributed by atoms with Crippen molar-refractivity contribution < 1.29 is 9.47 Å². The number of nitrogens with two attached hydrogens (primary N) is 1. The average Bonchev–Trinajstić information content (AvgIpc) is 3.23. The number of hydrogen-bond donors (Lipinski definition) is 1. The molecule has 0 radical (unpaired) electrons. The van der Waals surface area contributed by atoms with Crippen LogP contribution in [-0.4, -0.2) is 35.8 Å². The third-order valence-electron chi connectivity index (χ3n) is 6.80. The molecule has 2 aromatic rings. The molecular weight excluding hydrogens is 340 g/mol. The van der Waals surface area contributed by atoms with Crippen molar-refractivity contribution in [2.24, 2.45) is 22.1 Å². The molecule has 3 heterocycles. The maximum atomic E-state index is 6.03. The first-order chi connectivity index (χ1) is 13.1. The van der Waals surface area contributed by atoms with Crippen molar-refractivity contribution >= 4 is 6.02 Å². The van der Waals surface area contributed by atoms with E-state index in [1.165, 1.54) is 11.1 Å². The number of benzene rings is 1. The van der Waals surface area contributed by atoms with Crippen LogP contribution in [0.5, 0.6) is 0 Å². The van der Waals surface area contributed by atoms with Gasteiger partial charge in [0.1, 0.15) is 18.5 Å². The van der Waals surface area contributed by atoms with Crippen LogP contribution in [0.3, 0.4) is 0 Å². The van der Waals surface area contributed by atoms with E-state index in [1.807, 2.05) is 12.4 Å². The van der Waals surface area contributed by atoms with Gasteiger partial charge >= 0.3 is 0 Å². The molecule has 0 amide bonds. The van der Waals surface area contributed by atoms with E-state index in [0.29, 0.717) is 18.5 Å². The zero-order valence-electron chi connectivity index (χ0n) is 15.5. The quantitative estimate of drug-likeness (QED) is 0.886. The molecular formula is C21H24N4O2. The molecule has 2 aliphatic heterocycles. The van der Waals surface area contributed by atoms with Gasteiger partial charge in [0, 0.05) is 36.6 Å². The maximum absolute atomic E-state index is 6.03. The van der Waals surface area contributed by atoms with E-state index in [1.54, 1.807) is 6.33 Å². The van der Waals surface area contributed by atoms with Crippen LogP contribution in [0.1, 0.15) is 30.9 Å². The molecule has 0 saturated carbocycles. The molecule has 1 fully saturated rings. The molecule has 1 aromatic heterocycles. The molecule has 2 unspecified atom stereocenters. The van der Waals surface area contributed by atoms with Gasteiger partial charge in [0.05, 0.1) is 0 Å². The fourth-order valence-electron chi connectivity index (χ4n) is 5.27. The Balaban J connectivity index is 1.64. The smallest absolute Gasteiger partial charge is 0.283 e. The summed E-state index contributed by atoms with van der Waals surface area (Å²) in [6, 6.07) is 6.93. The molecule has 6 heteroatoms. The van der Waals surface area contributed by atoms with Gasteiger partial charge in [0.2, 0.25) is 0 Å². The van der Waals surface area contributed by atoms with Crippen LogP contribution >= 0.6 is 0 Å². The van der Waals surface area contributed by atoms with Crippen LogP contribution in [0.15, 0.2) is 41.9 Å². The Bertz CT molecular complexity index is 894. The van der Waals surface area contributed by atoms with Crippen molar-refractivity contribution in [3.8, 4) is 11.1 Å². The van der Waals surface area contributed by atoms with Crippen molar-refractivity contribution in [1.29, 1.82) is 0 Å². The Kier molecular flexibility index (Phi) is 3.72. The molecule has 1 spiro atoms. The van der Waals surface area contributed by atoms with E-state index in [0.717, 1.165) is 43.6 Å². The maximum Gasteiger partial charge on any atom is 0.283 e. The van der Waals surface area contributed by atoms with Crippen LogP contribution in [0.25, 0.3) is 11.1 Å². The number of fused-ring (bicyclic) bond motifs is 2. The van der Waals surface area contributed by atoms with Gasteiger partial charge in [0.25, 0.3) is 6.02 Å². The lowest BCUT2D eigenvalue weighted by molar-refractivity contribution is -0.0206. The lowest BCUT2D eigenvalue weighted by Crippen LogP contribution is -2.47. The summed E-state index contributed by atoms with van der Waals surface area (Å²) >= 11 is 0. The van der Waals surface area contributed by atoms with Gasteiger partial charge < -0.3 is 15.2 Å². The highest BCUT2D eigenvalue weighted by Crippen LogP contribution is 2.60. The number of nitrogens with zero attached hydrogens (tertiary/aromatic N) is 3. The van der Waals surface area contributed by atoms with Crippen LogP contribution < -0.4 is 5.73 Å². The van der Waals surface area contributed by atoms with E-state index in [4.69, 9.17) is 20.2 Å². The van der Waals surface area contributed by atoms with Crippen molar-refractivity contribution in [3.63, 3.8) is 0 Å². The molecule has 1 aliphatic carbocycles. The molecule has 1 saturated heterocycles. The van der Waals surface area contributed by atoms with Gasteiger partial charge in [-0.05, 0) is 47.9 Å². The highest BCUT2D eigenvalue weighted by atomic mass is 16.5. The number of rotatable bonds is 2. The van der Waals surface area contributed by atoms with Crippen LogP contribution in [-0.2, 0) is 21.4 Å². The third-order valence-corrected chi connectivity index (χ3v) is 6.80. The lowest BCUT2D eigenvalue weighted by atomic mass is 9.62. The minimum Gasteiger partial charge on any atom is -0.462 e. The Morgan fingerprint density at radius 3 is 2.59 bits per heavy atom. The van der Waals surface area contributed by atoms with Crippen LogP contribution in [0, 0.1) is 11.3 Å². The molecule has 2 atom stereocenters. The number of hydrogen-bond acceptors (Lipinski definition) is 6. The minimum atomic E-state index is -0.430. The van der Waals surface area contributed by atoms with Crippen molar-refractivity contribution in [3.05, 3.63) is 48.0 Å². The van der Waals surface area contributed by atoms with Crippen LogP contribution in [0.4, 0.5) is 0 Å². The fourth-order valence-corrected chi connectivity index (χ4v) is 5.27. The Hall–Kier alpha value is -2.47. The Labute approximate surface area is 158 Å². The molecule has 0 bridgehead atoms. The number of amidine groups is 1. The Morgan fingerprint density at radius 1 is 1.11 bits per heavy atom. The van der Waals surface area contributed by atoms with E-state index >= 15 is 0 Å². The number of ether oxygens (including phenoxy) is 2. The summed E-state index contributed by atoms with van der Waals surface area (Å²) in [4.78, 5) is 13.2. The van der Waals surface area contributed by atoms with Crippen molar-refractivity contribution in [1.82, 2.24) is 9.97 Å². The number of aromatic nitrogens is 2. The first kappa shape index (κ1) is 16.7. The molecule has 5 rings (SSSR count). The predicted octanol–water partition coefficient (Wildman–Crippen LogP) is 2.67. The van der Waals surface area contributed by atoms with Gasteiger partial charge in [-0.3, -0.25) is 0 Å². The van der Waals surface area contributed by atoms with E-state index in [9.17, 15) is 0 Å². The minimum absolute atomic E-state index is 0.0357. The second kappa shape index (κ2) is 6.02. The molecule has 6 nitrogen and oxygen atoms in total. The average molecular weight is 364 g/mol. The summed E-state index contributed by atoms with van der Waals surface area (Å²) in [6.45, 7) is 4.51. The van der Waals surface area contributed by atoms with Gasteiger partial charge in [-0.25, -0.2) is 15.0 Å². The summed E-state index contributed by atoms with van der Waals surface area (Å²) in [5.41, 5.74) is 10.2. The van der Waals surface area contributed by atoms with Gasteiger partial charge in [-0.2, -0.15) is 0 Å². The summed E-state index contributed by atoms with van der Waals surface area (Å²) in [7, 11) is 0. The monoisotopic (exact) mass is 364 g/mol. The molecule has 2 N–H and O–H groups in total. The Morgan fingerprint density at radius 2 is 1.89 bits per heavy atom. The van der Waals surface area contributed by atoms with E-state index < -0.39 is 5.54 Å². The third kappa shape index (κ3) is 2.39. The standard InChI is InChI=1S/C21H24N4O2/c1-20(17-4-6-26-7-5-17)9-15-3-2-14(16-10-23-13-24-11-16)8-18(15)21(20)12-27-19(22)25-21/h2-3,8,10-11,13,17H,4-7,9,12H2,1H3,(H2,22,25). The highest BCUT2D eigenvalue weighted by molar-refractivity contribution is 5.75. The zero-order chi connectivity index (χ0) is 18.5.